The fourth-order valence-electron chi connectivity index (χ4n) is 2.69. The molecule has 1 saturated heterocycles. The summed E-state index contributed by atoms with van der Waals surface area (Å²) >= 11 is 0. The zero-order valence-corrected chi connectivity index (χ0v) is 14.0. The number of carbonyl (C=O) groups excluding carboxylic acids is 2. The molecule has 1 heterocycles. The number of rotatable bonds is 4. The summed E-state index contributed by atoms with van der Waals surface area (Å²) in [5.74, 6) is 0.579. The fraction of sp³-hybridized carbons (Fsp3) is 0.529. The van der Waals surface area contributed by atoms with Crippen LogP contribution < -0.4 is 10.1 Å². The molecule has 6 heteroatoms. The van der Waals surface area contributed by atoms with Crippen molar-refractivity contribution in [2.24, 2.45) is 5.92 Å². The molecular formula is C17H25N3O3. The van der Waals surface area contributed by atoms with E-state index in [1.54, 1.807) is 23.9 Å². The number of hydrogen-bond donors (Lipinski definition) is 1. The topological polar surface area (TPSA) is 61.9 Å². The number of nitrogens with zero attached hydrogens (tertiary/aromatic N) is 2. The first-order valence-electron chi connectivity index (χ1n) is 8.01. The Morgan fingerprint density at radius 2 is 2.00 bits per heavy atom. The Morgan fingerprint density at radius 1 is 1.30 bits per heavy atom. The van der Waals surface area contributed by atoms with E-state index in [1.807, 2.05) is 31.2 Å². The van der Waals surface area contributed by atoms with E-state index in [0.29, 0.717) is 19.7 Å². The molecule has 1 aliphatic heterocycles. The van der Waals surface area contributed by atoms with Gasteiger partial charge in [-0.15, -0.1) is 0 Å². The van der Waals surface area contributed by atoms with Gasteiger partial charge in [0.25, 0.3) is 0 Å². The highest BCUT2D eigenvalue weighted by Gasteiger charge is 2.29. The molecule has 2 rings (SSSR count). The lowest BCUT2D eigenvalue weighted by Gasteiger charge is -2.33. The van der Waals surface area contributed by atoms with Gasteiger partial charge in [-0.25, -0.2) is 4.79 Å². The summed E-state index contributed by atoms with van der Waals surface area (Å²) in [7, 11) is 3.46. The zero-order chi connectivity index (χ0) is 16.8. The van der Waals surface area contributed by atoms with Gasteiger partial charge in [0.1, 0.15) is 5.75 Å². The van der Waals surface area contributed by atoms with Gasteiger partial charge in [-0.3, -0.25) is 4.79 Å². The Balaban J connectivity index is 1.93. The molecule has 1 atom stereocenters. The third-order valence-corrected chi connectivity index (χ3v) is 3.88. The van der Waals surface area contributed by atoms with Crippen LogP contribution in [0, 0.1) is 5.92 Å². The third-order valence-electron chi connectivity index (χ3n) is 3.88. The van der Waals surface area contributed by atoms with E-state index in [2.05, 4.69) is 5.32 Å². The maximum Gasteiger partial charge on any atom is 0.319 e. The molecule has 0 saturated carbocycles. The molecule has 1 aromatic rings. The number of likely N-dealkylation sites (tertiary alicyclic amines) is 1. The number of nitrogens with one attached hydrogen (secondary N) is 1. The first-order valence-corrected chi connectivity index (χ1v) is 8.01. The Hall–Kier alpha value is -2.24. The summed E-state index contributed by atoms with van der Waals surface area (Å²) in [6.45, 7) is 3.73. The molecule has 0 spiro atoms. The second-order valence-electron chi connectivity index (χ2n) is 5.91. The van der Waals surface area contributed by atoms with Crippen LogP contribution in [0.5, 0.6) is 5.75 Å². The van der Waals surface area contributed by atoms with Crippen LogP contribution in [0.2, 0.25) is 0 Å². The molecule has 23 heavy (non-hydrogen) atoms. The maximum absolute atomic E-state index is 12.4. The molecule has 1 fully saturated rings. The number of piperidine rings is 1. The number of hydrogen-bond acceptors (Lipinski definition) is 3. The van der Waals surface area contributed by atoms with Gasteiger partial charge in [0.2, 0.25) is 5.91 Å². The van der Waals surface area contributed by atoms with Crippen LogP contribution in [-0.4, -0.2) is 55.5 Å². The van der Waals surface area contributed by atoms with E-state index in [4.69, 9.17) is 4.74 Å². The number of benzene rings is 1. The van der Waals surface area contributed by atoms with Crippen molar-refractivity contribution in [1.82, 2.24) is 9.80 Å². The molecule has 1 aliphatic rings. The maximum atomic E-state index is 12.4. The number of carbonyl (C=O) groups is 2. The highest BCUT2D eigenvalue weighted by atomic mass is 16.5. The van der Waals surface area contributed by atoms with Crippen LogP contribution in [0.1, 0.15) is 19.8 Å². The highest BCUT2D eigenvalue weighted by molar-refractivity contribution is 5.93. The number of anilines is 1. The fourth-order valence-corrected chi connectivity index (χ4v) is 2.69. The van der Waals surface area contributed by atoms with Gasteiger partial charge in [0.05, 0.1) is 12.5 Å². The van der Waals surface area contributed by atoms with Crippen LogP contribution >= 0.6 is 0 Å². The summed E-state index contributed by atoms with van der Waals surface area (Å²) in [5.41, 5.74) is 0.745. The lowest BCUT2D eigenvalue weighted by atomic mass is 9.97. The van der Waals surface area contributed by atoms with Crippen molar-refractivity contribution >= 4 is 17.6 Å². The van der Waals surface area contributed by atoms with E-state index in [1.165, 1.54) is 0 Å². The molecular weight excluding hydrogens is 294 g/mol. The van der Waals surface area contributed by atoms with Crippen LogP contribution in [0.15, 0.2) is 24.3 Å². The standard InChI is InChI=1S/C17H25N3O3/c1-4-23-15-9-7-14(8-10-15)18-16(21)13-6-5-11-20(12-13)17(22)19(2)3/h7-10,13H,4-6,11-12H2,1-3H3,(H,18,21). The quantitative estimate of drug-likeness (QED) is 0.927. The third kappa shape index (κ3) is 4.61. The molecule has 1 N–H and O–H groups in total. The zero-order valence-electron chi connectivity index (χ0n) is 14.0. The second kappa shape index (κ2) is 7.85. The Labute approximate surface area is 137 Å². The van der Waals surface area contributed by atoms with Crippen molar-refractivity contribution in [2.45, 2.75) is 19.8 Å². The number of ether oxygens (including phenoxy) is 1. The first-order chi connectivity index (χ1) is 11.0. The minimum atomic E-state index is -0.167. The van der Waals surface area contributed by atoms with Crippen LogP contribution in [0.4, 0.5) is 10.5 Å². The predicted octanol–water partition coefficient (Wildman–Crippen LogP) is 2.42. The summed E-state index contributed by atoms with van der Waals surface area (Å²) in [5, 5.41) is 2.92. The van der Waals surface area contributed by atoms with Gasteiger partial charge in [-0.05, 0) is 44.0 Å². The first kappa shape index (κ1) is 17.1. The Morgan fingerprint density at radius 3 is 2.61 bits per heavy atom. The van der Waals surface area contributed by atoms with Crippen LogP contribution in [-0.2, 0) is 4.79 Å². The van der Waals surface area contributed by atoms with Gasteiger partial charge in [-0.2, -0.15) is 0 Å². The van der Waals surface area contributed by atoms with Crippen molar-refractivity contribution in [2.75, 3.05) is 39.1 Å². The van der Waals surface area contributed by atoms with Crippen molar-refractivity contribution in [3.05, 3.63) is 24.3 Å². The molecule has 3 amide bonds. The Kier molecular flexibility index (Phi) is 5.84. The van der Waals surface area contributed by atoms with Crippen LogP contribution in [0.3, 0.4) is 0 Å². The largest absolute Gasteiger partial charge is 0.494 e. The molecule has 0 bridgehead atoms. The van der Waals surface area contributed by atoms with Gasteiger partial charge >= 0.3 is 6.03 Å². The highest BCUT2D eigenvalue weighted by Crippen LogP contribution is 2.21. The smallest absolute Gasteiger partial charge is 0.319 e. The summed E-state index contributed by atoms with van der Waals surface area (Å²) in [6, 6.07) is 7.29. The van der Waals surface area contributed by atoms with Crippen molar-refractivity contribution in [1.29, 1.82) is 0 Å². The monoisotopic (exact) mass is 319 g/mol. The number of amides is 3. The van der Waals surface area contributed by atoms with Gasteiger partial charge in [0.15, 0.2) is 0 Å². The van der Waals surface area contributed by atoms with Crippen molar-refractivity contribution in [3.63, 3.8) is 0 Å². The predicted molar refractivity (Wildman–Crippen MR) is 89.6 cm³/mol. The molecule has 126 valence electrons. The van der Waals surface area contributed by atoms with E-state index >= 15 is 0 Å². The van der Waals surface area contributed by atoms with E-state index in [-0.39, 0.29) is 17.9 Å². The van der Waals surface area contributed by atoms with Gasteiger partial charge < -0.3 is 19.9 Å². The minimum Gasteiger partial charge on any atom is -0.494 e. The average molecular weight is 319 g/mol. The van der Waals surface area contributed by atoms with E-state index in [9.17, 15) is 9.59 Å². The van der Waals surface area contributed by atoms with E-state index in [0.717, 1.165) is 24.3 Å². The van der Waals surface area contributed by atoms with E-state index < -0.39 is 0 Å². The van der Waals surface area contributed by atoms with Gasteiger partial charge in [-0.1, -0.05) is 0 Å². The summed E-state index contributed by atoms with van der Waals surface area (Å²) in [4.78, 5) is 27.7. The lowest BCUT2D eigenvalue weighted by Crippen LogP contribution is -2.47. The average Bonchev–Trinajstić information content (AvgIpc) is 2.56. The van der Waals surface area contributed by atoms with Crippen molar-refractivity contribution < 1.29 is 14.3 Å². The molecule has 0 aromatic heterocycles. The molecule has 1 unspecified atom stereocenters. The summed E-state index contributed by atoms with van der Waals surface area (Å²) in [6.07, 6.45) is 1.65. The SMILES string of the molecule is CCOc1ccc(NC(=O)C2CCCN(C(=O)N(C)C)C2)cc1. The van der Waals surface area contributed by atoms with Crippen molar-refractivity contribution in [3.8, 4) is 5.75 Å². The second-order valence-corrected chi connectivity index (χ2v) is 5.91. The lowest BCUT2D eigenvalue weighted by molar-refractivity contribution is -0.121. The van der Waals surface area contributed by atoms with Gasteiger partial charge in [0, 0.05) is 32.9 Å². The minimum absolute atomic E-state index is 0.0367. The summed E-state index contributed by atoms with van der Waals surface area (Å²) < 4.78 is 5.38. The molecule has 0 radical (unpaired) electrons. The number of urea groups is 1. The van der Waals surface area contributed by atoms with Crippen LogP contribution in [0.25, 0.3) is 0 Å². The molecule has 6 nitrogen and oxygen atoms in total. The Bertz CT molecular complexity index is 543. The molecule has 0 aliphatic carbocycles. The normalized spacial score (nSPS) is 17.5. The molecule has 1 aromatic carbocycles.